The quantitative estimate of drug-likeness (QED) is 0.659. The van der Waals surface area contributed by atoms with Crippen molar-refractivity contribution in [3.63, 3.8) is 0 Å². The number of hydrogen-bond donors (Lipinski definition) is 3. The van der Waals surface area contributed by atoms with Crippen molar-refractivity contribution < 1.29 is 18.7 Å². The van der Waals surface area contributed by atoms with Crippen LogP contribution >= 0.6 is 0 Å². The smallest absolute Gasteiger partial charge is 0.265 e. The second-order valence-corrected chi connectivity index (χ2v) is 6.28. The third-order valence-electron chi connectivity index (χ3n) is 4.32. The normalized spacial score (nSPS) is 15.8. The van der Waals surface area contributed by atoms with Crippen LogP contribution in [0.25, 0.3) is 11.0 Å². The van der Waals surface area contributed by atoms with E-state index in [0.717, 1.165) is 0 Å². The third kappa shape index (κ3) is 3.33. The van der Waals surface area contributed by atoms with Crippen LogP contribution in [0.3, 0.4) is 0 Å². The molecule has 0 fully saturated rings. The first-order valence-corrected chi connectivity index (χ1v) is 8.54. The lowest BCUT2D eigenvalue weighted by atomic mass is 10.1. The topological polar surface area (TPSA) is 96.1 Å². The zero-order valence-electron chi connectivity index (χ0n) is 14.5. The van der Waals surface area contributed by atoms with Gasteiger partial charge in [-0.3, -0.25) is 9.59 Å². The van der Waals surface area contributed by atoms with Crippen molar-refractivity contribution in [2.24, 2.45) is 0 Å². The number of fused-ring (bicyclic) bond motifs is 2. The number of rotatable bonds is 4. The summed E-state index contributed by atoms with van der Waals surface area (Å²) in [6, 6.07) is 9.35. The fourth-order valence-corrected chi connectivity index (χ4v) is 2.95. The van der Waals surface area contributed by atoms with Gasteiger partial charge in [-0.1, -0.05) is 6.07 Å². The third-order valence-corrected chi connectivity index (χ3v) is 4.32. The van der Waals surface area contributed by atoms with Crippen LogP contribution in [0.4, 0.5) is 10.1 Å². The standard InChI is InChI=1S/C19H17FN4O3/c1-10-18(25)24-14-4-2-3-12(17(14)27-10)19(26)21-8-7-16-22-13-6-5-11(20)9-15(13)23-16/h2-6,9-10H,7-8H2,1H3,(H,21,26)(H,22,23)(H,24,25). The molecule has 27 heavy (non-hydrogen) atoms. The van der Waals surface area contributed by atoms with Crippen LogP contribution in [0.1, 0.15) is 23.1 Å². The van der Waals surface area contributed by atoms with Crippen LogP contribution in [-0.2, 0) is 11.2 Å². The Morgan fingerprint density at radius 1 is 1.33 bits per heavy atom. The molecule has 0 aliphatic carbocycles. The maximum absolute atomic E-state index is 13.2. The minimum atomic E-state index is -0.664. The van der Waals surface area contributed by atoms with E-state index < -0.39 is 6.10 Å². The van der Waals surface area contributed by atoms with Gasteiger partial charge in [0.05, 0.1) is 22.3 Å². The number of para-hydroxylation sites is 1. The van der Waals surface area contributed by atoms with E-state index >= 15 is 0 Å². The van der Waals surface area contributed by atoms with Crippen molar-refractivity contribution >= 4 is 28.5 Å². The van der Waals surface area contributed by atoms with Gasteiger partial charge in [-0.05, 0) is 37.3 Å². The van der Waals surface area contributed by atoms with Crippen LogP contribution in [0.2, 0.25) is 0 Å². The van der Waals surface area contributed by atoms with Crippen LogP contribution in [0.5, 0.6) is 5.75 Å². The molecule has 1 unspecified atom stereocenters. The van der Waals surface area contributed by atoms with Crippen LogP contribution < -0.4 is 15.4 Å². The van der Waals surface area contributed by atoms with Crippen molar-refractivity contribution in [1.82, 2.24) is 15.3 Å². The van der Waals surface area contributed by atoms with E-state index in [4.69, 9.17) is 4.74 Å². The molecule has 1 atom stereocenters. The number of imidazole rings is 1. The molecule has 3 N–H and O–H groups in total. The summed E-state index contributed by atoms with van der Waals surface area (Å²) in [6.07, 6.45) is -0.201. The van der Waals surface area contributed by atoms with E-state index in [2.05, 4.69) is 20.6 Å². The molecule has 3 aromatic rings. The number of carbonyl (C=O) groups excluding carboxylic acids is 2. The van der Waals surface area contributed by atoms with Gasteiger partial charge in [0.15, 0.2) is 11.9 Å². The molecule has 1 aliphatic heterocycles. The number of aromatic amines is 1. The van der Waals surface area contributed by atoms with E-state index in [9.17, 15) is 14.0 Å². The minimum absolute atomic E-state index is 0.249. The Labute approximate surface area is 153 Å². The van der Waals surface area contributed by atoms with Crippen LogP contribution in [0, 0.1) is 5.82 Å². The molecule has 2 aromatic carbocycles. The van der Waals surface area contributed by atoms with Gasteiger partial charge in [-0.2, -0.15) is 0 Å². The van der Waals surface area contributed by atoms with E-state index in [1.165, 1.54) is 12.1 Å². The van der Waals surface area contributed by atoms with Gasteiger partial charge in [0.2, 0.25) is 0 Å². The number of benzene rings is 2. The molecule has 1 aliphatic rings. The molecule has 0 saturated carbocycles. The summed E-state index contributed by atoms with van der Waals surface area (Å²) >= 11 is 0. The molecular formula is C19H17FN4O3. The molecule has 1 aromatic heterocycles. The summed E-state index contributed by atoms with van der Waals surface area (Å²) in [4.78, 5) is 31.6. The van der Waals surface area contributed by atoms with Crippen molar-refractivity contribution in [3.05, 3.63) is 53.6 Å². The monoisotopic (exact) mass is 368 g/mol. The Morgan fingerprint density at radius 2 is 2.19 bits per heavy atom. The Balaban J connectivity index is 1.44. The van der Waals surface area contributed by atoms with E-state index in [0.29, 0.717) is 46.8 Å². The molecule has 2 heterocycles. The average molecular weight is 368 g/mol. The molecule has 4 rings (SSSR count). The fourth-order valence-electron chi connectivity index (χ4n) is 2.95. The van der Waals surface area contributed by atoms with Gasteiger partial charge < -0.3 is 20.4 Å². The number of carbonyl (C=O) groups is 2. The maximum atomic E-state index is 13.2. The van der Waals surface area contributed by atoms with Gasteiger partial charge in [-0.15, -0.1) is 0 Å². The predicted molar refractivity (Wildman–Crippen MR) is 97.3 cm³/mol. The number of amides is 2. The average Bonchev–Trinajstić information content (AvgIpc) is 3.04. The highest BCUT2D eigenvalue weighted by molar-refractivity contribution is 6.03. The highest BCUT2D eigenvalue weighted by atomic mass is 19.1. The lowest BCUT2D eigenvalue weighted by Gasteiger charge is -2.25. The Morgan fingerprint density at radius 3 is 3.04 bits per heavy atom. The first-order valence-electron chi connectivity index (χ1n) is 8.54. The van der Waals surface area contributed by atoms with Crippen molar-refractivity contribution in [3.8, 4) is 5.75 Å². The molecule has 0 spiro atoms. The van der Waals surface area contributed by atoms with Crippen molar-refractivity contribution in [2.45, 2.75) is 19.4 Å². The second kappa shape index (κ2) is 6.71. The highest BCUT2D eigenvalue weighted by Crippen LogP contribution is 2.33. The first-order chi connectivity index (χ1) is 13.0. The van der Waals surface area contributed by atoms with E-state index in [1.807, 2.05) is 0 Å². The van der Waals surface area contributed by atoms with Crippen LogP contribution in [0.15, 0.2) is 36.4 Å². The molecule has 8 heteroatoms. The van der Waals surface area contributed by atoms with Gasteiger partial charge in [0.1, 0.15) is 11.6 Å². The number of anilines is 1. The summed E-state index contributed by atoms with van der Waals surface area (Å²) in [6.45, 7) is 1.96. The highest BCUT2D eigenvalue weighted by Gasteiger charge is 2.27. The maximum Gasteiger partial charge on any atom is 0.265 e. The largest absolute Gasteiger partial charge is 0.478 e. The van der Waals surface area contributed by atoms with Gasteiger partial charge in [0.25, 0.3) is 11.8 Å². The van der Waals surface area contributed by atoms with Crippen molar-refractivity contribution in [2.75, 3.05) is 11.9 Å². The Kier molecular flexibility index (Phi) is 4.23. The number of hydrogen-bond acceptors (Lipinski definition) is 4. The lowest BCUT2D eigenvalue weighted by molar-refractivity contribution is -0.122. The SMILES string of the molecule is CC1Oc2c(cccc2C(=O)NCCc2nc3ccc(F)cc3[nH]2)NC1=O. The summed E-state index contributed by atoms with van der Waals surface area (Å²) in [5, 5.41) is 5.53. The Hall–Kier alpha value is -3.42. The van der Waals surface area contributed by atoms with Gasteiger partial charge in [-0.25, -0.2) is 9.37 Å². The number of ether oxygens (including phenoxy) is 1. The van der Waals surface area contributed by atoms with Gasteiger partial charge >= 0.3 is 0 Å². The summed E-state index contributed by atoms with van der Waals surface area (Å²) in [5.41, 5.74) is 2.12. The molecular weight excluding hydrogens is 351 g/mol. The van der Waals surface area contributed by atoms with E-state index in [1.54, 1.807) is 31.2 Å². The predicted octanol–water partition coefficient (Wildman–Crippen LogP) is 2.39. The zero-order chi connectivity index (χ0) is 19.0. The molecule has 138 valence electrons. The molecule has 2 amide bonds. The number of halogens is 1. The molecule has 7 nitrogen and oxygen atoms in total. The first kappa shape index (κ1) is 17.0. The number of nitrogens with one attached hydrogen (secondary N) is 3. The lowest BCUT2D eigenvalue weighted by Crippen LogP contribution is -2.36. The second-order valence-electron chi connectivity index (χ2n) is 6.28. The number of aromatic nitrogens is 2. The molecule has 0 bridgehead atoms. The zero-order valence-corrected chi connectivity index (χ0v) is 14.5. The minimum Gasteiger partial charge on any atom is -0.478 e. The van der Waals surface area contributed by atoms with Crippen molar-refractivity contribution in [1.29, 1.82) is 0 Å². The van der Waals surface area contributed by atoms with Gasteiger partial charge in [0, 0.05) is 13.0 Å². The van der Waals surface area contributed by atoms with Crippen LogP contribution in [-0.4, -0.2) is 34.4 Å². The summed E-state index contributed by atoms with van der Waals surface area (Å²) < 4.78 is 18.8. The molecule has 0 saturated heterocycles. The fraction of sp³-hybridized carbons (Fsp3) is 0.211. The number of H-pyrrole nitrogens is 1. The summed E-state index contributed by atoms with van der Waals surface area (Å²) in [5.74, 6) is 0.129. The summed E-state index contributed by atoms with van der Waals surface area (Å²) in [7, 11) is 0. The molecule has 0 radical (unpaired) electrons. The Bertz CT molecular complexity index is 1050. The number of nitrogens with zero attached hydrogens (tertiary/aromatic N) is 1. The van der Waals surface area contributed by atoms with E-state index in [-0.39, 0.29) is 17.6 Å².